The summed E-state index contributed by atoms with van der Waals surface area (Å²) < 4.78 is 5.31. The van der Waals surface area contributed by atoms with Crippen LogP contribution in [0.1, 0.15) is 32.6 Å². The molecule has 2 rings (SSSR count). The zero-order chi connectivity index (χ0) is 17.9. The summed E-state index contributed by atoms with van der Waals surface area (Å²) in [5.41, 5.74) is 0. The highest BCUT2D eigenvalue weighted by atomic mass is 127. The van der Waals surface area contributed by atoms with E-state index in [1.807, 2.05) is 6.92 Å². The number of carbonyl (C=O) groups excluding carboxylic acids is 1. The molecule has 0 radical (unpaired) electrons. The summed E-state index contributed by atoms with van der Waals surface area (Å²) in [7, 11) is 1.78. The van der Waals surface area contributed by atoms with Crippen molar-refractivity contribution < 1.29 is 9.53 Å². The highest BCUT2D eigenvalue weighted by molar-refractivity contribution is 14.0. The van der Waals surface area contributed by atoms with E-state index in [-0.39, 0.29) is 24.0 Å². The van der Waals surface area contributed by atoms with Gasteiger partial charge in [0.25, 0.3) is 0 Å². The second-order valence-corrected chi connectivity index (χ2v) is 6.77. The number of piperazine rings is 1. The van der Waals surface area contributed by atoms with Crippen molar-refractivity contribution in [2.24, 2.45) is 10.9 Å². The maximum Gasteiger partial charge on any atom is 0.225 e. The minimum absolute atomic E-state index is 0. The minimum Gasteiger partial charge on any atom is -0.380 e. The van der Waals surface area contributed by atoms with E-state index in [0.717, 1.165) is 71.2 Å². The zero-order valence-electron chi connectivity index (χ0n) is 16.3. The Morgan fingerprint density at radius 3 is 2.38 bits per heavy atom. The number of ether oxygens (including phenoxy) is 1. The third-order valence-electron chi connectivity index (χ3n) is 5.08. The van der Waals surface area contributed by atoms with Crippen LogP contribution in [-0.2, 0) is 9.53 Å². The van der Waals surface area contributed by atoms with E-state index in [4.69, 9.17) is 4.74 Å². The van der Waals surface area contributed by atoms with Gasteiger partial charge in [-0.05, 0) is 19.8 Å². The smallest absolute Gasteiger partial charge is 0.225 e. The number of amides is 1. The Bertz CT molecular complexity index is 422. The molecule has 2 N–H and O–H groups in total. The van der Waals surface area contributed by atoms with Gasteiger partial charge in [-0.1, -0.05) is 12.8 Å². The monoisotopic (exact) mass is 481 g/mol. The Balaban J connectivity index is 0.00000338. The number of hydrogen-bond donors (Lipinski definition) is 2. The largest absolute Gasteiger partial charge is 0.380 e. The standard InChI is InChI=1S/C18H35N5O2.HI/c1-3-25-15-9-21-18(19-2)20-8-10-22-11-13-23(14-12-22)17(24)16-6-4-5-7-16;/h16H,3-15H2,1-2H3,(H2,19,20,21);1H. The molecule has 0 bridgehead atoms. The number of carbonyl (C=O) groups is 1. The van der Waals surface area contributed by atoms with Crippen LogP contribution in [0.4, 0.5) is 0 Å². The van der Waals surface area contributed by atoms with E-state index in [0.29, 0.717) is 18.4 Å². The van der Waals surface area contributed by atoms with Crippen LogP contribution in [0.5, 0.6) is 0 Å². The van der Waals surface area contributed by atoms with Crippen molar-refractivity contribution in [2.75, 3.05) is 66.1 Å². The van der Waals surface area contributed by atoms with Gasteiger partial charge in [-0.25, -0.2) is 0 Å². The summed E-state index contributed by atoms with van der Waals surface area (Å²) in [4.78, 5) is 21.2. The Labute approximate surface area is 175 Å². The van der Waals surface area contributed by atoms with Crippen molar-refractivity contribution in [3.8, 4) is 0 Å². The van der Waals surface area contributed by atoms with E-state index in [9.17, 15) is 4.79 Å². The molecule has 0 aromatic rings. The molecule has 26 heavy (non-hydrogen) atoms. The second kappa shape index (κ2) is 13.5. The van der Waals surface area contributed by atoms with Crippen LogP contribution >= 0.6 is 24.0 Å². The lowest BCUT2D eigenvalue weighted by atomic mass is 10.1. The van der Waals surface area contributed by atoms with Gasteiger partial charge in [0.2, 0.25) is 5.91 Å². The van der Waals surface area contributed by atoms with E-state index in [1.165, 1.54) is 12.8 Å². The minimum atomic E-state index is 0. The maximum absolute atomic E-state index is 12.5. The molecule has 8 heteroatoms. The summed E-state index contributed by atoms with van der Waals surface area (Å²) in [5, 5.41) is 6.57. The first-order valence-corrected chi connectivity index (χ1v) is 9.78. The van der Waals surface area contributed by atoms with Gasteiger partial charge >= 0.3 is 0 Å². The molecule has 7 nitrogen and oxygen atoms in total. The molecule has 1 aliphatic heterocycles. The second-order valence-electron chi connectivity index (χ2n) is 6.77. The van der Waals surface area contributed by atoms with E-state index >= 15 is 0 Å². The Morgan fingerprint density at radius 2 is 1.77 bits per heavy atom. The molecule has 152 valence electrons. The van der Waals surface area contributed by atoms with Gasteiger partial charge in [0, 0.05) is 65.4 Å². The molecular weight excluding hydrogens is 445 g/mol. The Morgan fingerprint density at radius 1 is 1.12 bits per heavy atom. The lowest BCUT2D eigenvalue weighted by Crippen LogP contribution is -2.52. The van der Waals surface area contributed by atoms with Crippen LogP contribution in [0.25, 0.3) is 0 Å². The third-order valence-corrected chi connectivity index (χ3v) is 5.08. The number of hydrogen-bond acceptors (Lipinski definition) is 4. The number of nitrogens with one attached hydrogen (secondary N) is 2. The molecule has 0 aromatic heterocycles. The van der Waals surface area contributed by atoms with Crippen LogP contribution in [0.2, 0.25) is 0 Å². The van der Waals surface area contributed by atoms with Crippen molar-refractivity contribution in [2.45, 2.75) is 32.6 Å². The van der Waals surface area contributed by atoms with Crippen LogP contribution < -0.4 is 10.6 Å². The highest BCUT2D eigenvalue weighted by Crippen LogP contribution is 2.26. The Hall–Kier alpha value is -0.610. The predicted octanol–water partition coefficient (Wildman–Crippen LogP) is 1.14. The predicted molar refractivity (Wildman–Crippen MR) is 116 cm³/mol. The van der Waals surface area contributed by atoms with Crippen LogP contribution in [-0.4, -0.2) is 87.7 Å². The average Bonchev–Trinajstić information content (AvgIpc) is 3.18. The molecule has 1 saturated heterocycles. The third kappa shape index (κ3) is 7.96. The molecule has 2 aliphatic rings. The van der Waals surface area contributed by atoms with Gasteiger partial charge in [0.05, 0.1) is 6.61 Å². The molecule has 1 heterocycles. The van der Waals surface area contributed by atoms with Crippen molar-refractivity contribution in [1.29, 1.82) is 0 Å². The highest BCUT2D eigenvalue weighted by Gasteiger charge is 2.29. The topological polar surface area (TPSA) is 69.2 Å². The Kier molecular flexibility index (Phi) is 12.2. The molecule has 2 fully saturated rings. The number of halogens is 1. The summed E-state index contributed by atoms with van der Waals surface area (Å²) in [6, 6.07) is 0. The fourth-order valence-electron chi connectivity index (χ4n) is 3.56. The number of aliphatic imine (C=N–C) groups is 1. The molecule has 0 unspecified atom stereocenters. The van der Waals surface area contributed by atoms with Crippen LogP contribution in [0.3, 0.4) is 0 Å². The molecular formula is C18H36IN5O2. The molecule has 1 aliphatic carbocycles. The fourth-order valence-corrected chi connectivity index (χ4v) is 3.56. The van der Waals surface area contributed by atoms with Gasteiger partial charge in [0.15, 0.2) is 5.96 Å². The first-order chi connectivity index (χ1) is 12.2. The van der Waals surface area contributed by atoms with Crippen LogP contribution in [0.15, 0.2) is 4.99 Å². The fraction of sp³-hybridized carbons (Fsp3) is 0.889. The number of rotatable bonds is 8. The molecule has 0 aromatic carbocycles. The molecule has 0 spiro atoms. The molecule has 1 saturated carbocycles. The maximum atomic E-state index is 12.5. The van der Waals surface area contributed by atoms with Crippen molar-refractivity contribution in [3.63, 3.8) is 0 Å². The summed E-state index contributed by atoms with van der Waals surface area (Å²) in [5.74, 6) is 1.52. The van der Waals surface area contributed by atoms with Crippen molar-refractivity contribution in [3.05, 3.63) is 0 Å². The summed E-state index contributed by atoms with van der Waals surface area (Å²) >= 11 is 0. The molecule has 1 amide bonds. The normalized spacial score (nSPS) is 19.3. The van der Waals surface area contributed by atoms with E-state index in [1.54, 1.807) is 7.05 Å². The van der Waals surface area contributed by atoms with Gasteiger partial charge < -0.3 is 20.3 Å². The van der Waals surface area contributed by atoms with Gasteiger partial charge in [-0.15, -0.1) is 24.0 Å². The summed E-state index contributed by atoms with van der Waals surface area (Å²) in [6.45, 7) is 9.68. The lowest BCUT2D eigenvalue weighted by Gasteiger charge is -2.36. The van der Waals surface area contributed by atoms with Crippen LogP contribution in [0, 0.1) is 5.92 Å². The van der Waals surface area contributed by atoms with Crippen molar-refractivity contribution in [1.82, 2.24) is 20.4 Å². The number of nitrogens with zero attached hydrogens (tertiary/aromatic N) is 3. The lowest BCUT2D eigenvalue weighted by molar-refractivity contribution is -0.137. The SMILES string of the molecule is CCOCCNC(=NC)NCCN1CCN(C(=O)C2CCCC2)CC1.I. The first kappa shape index (κ1) is 23.4. The zero-order valence-corrected chi connectivity index (χ0v) is 18.7. The van der Waals surface area contributed by atoms with Gasteiger partial charge in [-0.3, -0.25) is 14.7 Å². The molecule has 0 atom stereocenters. The summed E-state index contributed by atoms with van der Waals surface area (Å²) in [6.07, 6.45) is 4.64. The van der Waals surface area contributed by atoms with Gasteiger partial charge in [0.1, 0.15) is 0 Å². The van der Waals surface area contributed by atoms with E-state index < -0.39 is 0 Å². The van der Waals surface area contributed by atoms with E-state index in [2.05, 4.69) is 25.4 Å². The number of guanidine groups is 1. The quantitative estimate of drug-likeness (QED) is 0.236. The average molecular weight is 481 g/mol. The first-order valence-electron chi connectivity index (χ1n) is 9.78. The van der Waals surface area contributed by atoms with Gasteiger partial charge in [-0.2, -0.15) is 0 Å². The van der Waals surface area contributed by atoms with Crippen molar-refractivity contribution >= 4 is 35.8 Å².